The fourth-order valence-corrected chi connectivity index (χ4v) is 4.36. The molecule has 1 heterocycles. The highest BCUT2D eigenvalue weighted by atomic mass is 32.2. The molecule has 9 heteroatoms. The van der Waals surface area contributed by atoms with Gasteiger partial charge in [-0.1, -0.05) is 12.1 Å². The molecule has 1 aliphatic heterocycles. The van der Waals surface area contributed by atoms with Crippen LogP contribution in [0.4, 0.5) is 5.69 Å². The van der Waals surface area contributed by atoms with Gasteiger partial charge in [-0.25, -0.2) is 12.7 Å². The Morgan fingerprint density at radius 1 is 1.13 bits per heavy atom. The van der Waals surface area contributed by atoms with E-state index in [1.54, 1.807) is 4.90 Å². The molecule has 1 N–H and O–H groups in total. The smallest absolute Gasteiger partial charge is 0.258 e. The van der Waals surface area contributed by atoms with E-state index in [2.05, 4.69) is 5.32 Å². The number of anilines is 1. The zero-order valence-corrected chi connectivity index (χ0v) is 18.7. The van der Waals surface area contributed by atoms with Crippen molar-refractivity contribution < 1.29 is 22.7 Å². The Morgan fingerprint density at radius 3 is 2.48 bits per heavy atom. The van der Waals surface area contributed by atoms with E-state index in [4.69, 9.17) is 4.74 Å². The highest BCUT2D eigenvalue weighted by Gasteiger charge is 2.27. The molecule has 1 aliphatic rings. The predicted molar refractivity (Wildman–Crippen MR) is 118 cm³/mol. The molecule has 8 nitrogen and oxygen atoms in total. The average Bonchev–Trinajstić information content (AvgIpc) is 2.75. The maximum absolute atomic E-state index is 13.3. The molecule has 166 valence electrons. The Morgan fingerprint density at radius 2 is 1.84 bits per heavy atom. The Kier molecular flexibility index (Phi) is 6.97. The van der Waals surface area contributed by atoms with Gasteiger partial charge in [0.1, 0.15) is 12.4 Å². The number of benzene rings is 2. The number of aryl methyl sites for hydroxylation is 1. The number of amides is 2. The van der Waals surface area contributed by atoms with Crippen LogP contribution in [0, 0.1) is 0 Å². The monoisotopic (exact) mass is 445 g/mol. The minimum atomic E-state index is -3.56. The number of nitrogens with zero attached hydrogens (tertiary/aromatic N) is 2. The molecule has 31 heavy (non-hydrogen) atoms. The molecule has 0 aliphatic carbocycles. The maximum Gasteiger partial charge on any atom is 0.258 e. The van der Waals surface area contributed by atoms with Gasteiger partial charge in [0.15, 0.2) is 0 Å². The van der Waals surface area contributed by atoms with Gasteiger partial charge in [-0.05, 0) is 48.7 Å². The SMILES string of the molecule is CC(=O)NCCOc1cccc2c1N(C(=O)c1ccc(S(=O)(=O)N(C)C)cc1)CCC2. The summed E-state index contributed by atoms with van der Waals surface area (Å²) in [6.07, 6.45) is 1.66. The van der Waals surface area contributed by atoms with Crippen LogP contribution < -0.4 is 15.0 Å². The molecule has 0 spiro atoms. The van der Waals surface area contributed by atoms with Crippen LogP contribution in [0.2, 0.25) is 0 Å². The van der Waals surface area contributed by atoms with Gasteiger partial charge in [0.2, 0.25) is 15.9 Å². The number of hydrogen-bond donors (Lipinski definition) is 1. The molecule has 3 rings (SSSR count). The number of hydrogen-bond acceptors (Lipinski definition) is 5. The number of sulfonamides is 1. The number of carbonyl (C=O) groups is 2. The summed E-state index contributed by atoms with van der Waals surface area (Å²) in [5.74, 6) is 0.241. The lowest BCUT2D eigenvalue weighted by Gasteiger charge is -2.31. The van der Waals surface area contributed by atoms with Crippen LogP contribution in [0.25, 0.3) is 0 Å². The van der Waals surface area contributed by atoms with Gasteiger partial charge < -0.3 is 15.0 Å². The van der Waals surface area contributed by atoms with Crippen LogP contribution in [0.3, 0.4) is 0 Å². The molecular weight excluding hydrogens is 418 g/mol. The Hall–Kier alpha value is -2.91. The zero-order chi connectivity index (χ0) is 22.6. The Labute approximate surface area is 182 Å². The highest BCUT2D eigenvalue weighted by Crippen LogP contribution is 2.37. The Balaban J connectivity index is 1.85. The van der Waals surface area contributed by atoms with E-state index in [0.717, 1.165) is 28.4 Å². The van der Waals surface area contributed by atoms with Gasteiger partial charge >= 0.3 is 0 Å². The standard InChI is InChI=1S/C22H27N3O5S/c1-16(26)23-13-15-30-20-8-4-6-17-7-5-14-25(21(17)20)22(27)18-9-11-19(12-10-18)31(28,29)24(2)3/h4,6,8-12H,5,7,13-15H2,1-3H3,(H,23,26). The first kappa shape index (κ1) is 22.8. The lowest BCUT2D eigenvalue weighted by molar-refractivity contribution is -0.119. The Bertz CT molecular complexity index is 1070. The third-order valence-corrected chi connectivity index (χ3v) is 6.87. The molecule has 2 aromatic rings. The molecule has 0 unspecified atom stereocenters. The molecule has 0 aromatic heterocycles. The van der Waals surface area contributed by atoms with Gasteiger partial charge in [0, 0.05) is 33.1 Å². The van der Waals surface area contributed by atoms with Gasteiger partial charge in [-0.15, -0.1) is 0 Å². The summed E-state index contributed by atoms with van der Waals surface area (Å²) in [6.45, 7) is 2.64. The molecule has 0 saturated carbocycles. The van der Waals surface area contributed by atoms with E-state index in [1.165, 1.54) is 45.3 Å². The lowest BCUT2D eigenvalue weighted by Crippen LogP contribution is -2.36. The number of nitrogens with one attached hydrogen (secondary N) is 1. The summed E-state index contributed by atoms with van der Waals surface area (Å²) >= 11 is 0. The maximum atomic E-state index is 13.3. The lowest BCUT2D eigenvalue weighted by atomic mass is 10.00. The first-order valence-corrected chi connectivity index (χ1v) is 11.5. The number of fused-ring (bicyclic) bond motifs is 1. The summed E-state index contributed by atoms with van der Waals surface area (Å²) in [7, 11) is -0.630. The summed E-state index contributed by atoms with van der Waals surface area (Å²) in [5, 5.41) is 2.68. The van der Waals surface area contributed by atoms with Gasteiger partial charge in [0.25, 0.3) is 5.91 Å². The third kappa shape index (κ3) is 5.05. The second-order valence-corrected chi connectivity index (χ2v) is 9.62. The average molecular weight is 446 g/mol. The van der Waals surface area contributed by atoms with Crippen LogP contribution in [0.5, 0.6) is 5.75 Å². The molecular formula is C22H27N3O5S. The number of carbonyl (C=O) groups excluding carboxylic acids is 2. The minimum absolute atomic E-state index is 0.129. The minimum Gasteiger partial charge on any atom is -0.490 e. The van der Waals surface area contributed by atoms with Crippen LogP contribution in [-0.2, 0) is 21.2 Å². The first-order valence-electron chi connectivity index (χ1n) is 10.1. The molecule has 0 saturated heterocycles. The summed E-state index contributed by atoms with van der Waals surface area (Å²) in [6, 6.07) is 11.6. The largest absolute Gasteiger partial charge is 0.490 e. The number of ether oxygens (including phenoxy) is 1. The third-order valence-electron chi connectivity index (χ3n) is 5.04. The van der Waals surface area contributed by atoms with Crippen molar-refractivity contribution in [3.05, 3.63) is 53.6 Å². The van der Waals surface area contributed by atoms with E-state index >= 15 is 0 Å². The normalized spacial score (nSPS) is 13.6. The molecule has 0 radical (unpaired) electrons. The predicted octanol–water partition coefficient (Wildman–Crippen LogP) is 2.04. The second kappa shape index (κ2) is 9.49. The van der Waals surface area contributed by atoms with Crippen molar-refractivity contribution >= 4 is 27.5 Å². The van der Waals surface area contributed by atoms with Crippen molar-refractivity contribution in [2.75, 3.05) is 38.7 Å². The fourth-order valence-electron chi connectivity index (χ4n) is 3.46. The second-order valence-electron chi connectivity index (χ2n) is 7.47. The molecule has 2 amide bonds. The summed E-state index contributed by atoms with van der Waals surface area (Å²) < 4.78 is 31.6. The van der Waals surface area contributed by atoms with Crippen molar-refractivity contribution in [3.63, 3.8) is 0 Å². The zero-order valence-electron chi connectivity index (χ0n) is 17.9. The van der Waals surface area contributed by atoms with Crippen molar-refractivity contribution in [2.24, 2.45) is 0 Å². The topological polar surface area (TPSA) is 96.0 Å². The fraction of sp³-hybridized carbons (Fsp3) is 0.364. The van der Waals surface area contributed by atoms with E-state index in [-0.39, 0.29) is 23.3 Å². The van der Waals surface area contributed by atoms with Gasteiger partial charge in [-0.3, -0.25) is 9.59 Å². The van der Waals surface area contributed by atoms with Crippen molar-refractivity contribution in [3.8, 4) is 5.75 Å². The molecule has 0 bridgehead atoms. The van der Waals surface area contributed by atoms with E-state index < -0.39 is 10.0 Å². The van der Waals surface area contributed by atoms with Crippen LogP contribution in [-0.4, -0.2) is 58.3 Å². The van der Waals surface area contributed by atoms with E-state index in [0.29, 0.717) is 24.4 Å². The van der Waals surface area contributed by atoms with Crippen molar-refractivity contribution in [1.29, 1.82) is 0 Å². The van der Waals surface area contributed by atoms with Crippen LogP contribution >= 0.6 is 0 Å². The molecule has 2 aromatic carbocycles. The van der Waals surface area contributed by atoms with E-state index in [9.17, 15) is 18.0 Å². The van der Waals surface area contributed by atoms with Crippen LogP contribution in [0.15, 0.2) is 47.4 Å². The highest BCUT2D eigenvalue weighted by molar-refractivity contribution is 7.89. The van der Waals surface area contributed by atoms with Crippen molar-refractivity contribution in [1.82, 2.24) is 9.62 Å². The molecule has 0 fully saturated rings. The van der Waals surface area contributed by atoms with Gasteiger partial charge in [-0.2, -0.15) is 0 Å². The van der Waals surface area contributed by atoms with Crippen molar-refractivity contribution in [2.45, 2.75) is 24.7 Å². The quantitative estimate of drug-likeness (QED) is 0.658. The first-order chi connectivity index (χ1) is 14.7. The van der Waals surface area contributed by atoms with Gasteiger partial charge in [0.05, 0.1) is 17.1 Å². The van der Waals surface area contributed by atoms with E-state index in [1.807, 2.05) is 18.2 Å². The summed E-state index contributed by atoms with van der Waals surface area (Å²) in [5.41, 5.74) is 2.15. The summed E-state index contributed by atoms with van der Waals surface area (Å²) in [4.78, 5) is 26.1. The van der Waals surface area contributed by atoms with Crippen LogP contribution in [0.1, 0.15) is 29.3 Å². The molecule has 0 atom stereocenters. The number of rotatable bonds is 7. The number of para-hydroxylation sites is 1.